The van der Waals surface area contributed by atoms with Crippen LogP contribution in [0.25, 0.3) is 0 Å². The Kier molecular flexibility index (Phi) is 6.30. The molecule has 17 heavy (non-hydrogen) atoms. The van der Waals surface area contributed by atoms with E-state index in [1.807, 2.05) is 0 Å². The van der Waals surface area contributed by atoms with Crippen molar-refractivity contribution in [1.82, 2.24) is 0 Å². The molecule has 0 saturated heterocycles. The third-order valence-corrected chi connectivity index (χ3v) is 2.09. The highest BCUT2D eigenvalue weighted by Crippen LogP contribution is 2.25. The zero-order chi connectivity index (χ0) is 13.5. The van der Waals surface area contributed by atoms with Gasteiger partial charge in [-0.3, -0.25) is 4.79 Å². The van der Waals surface area contributed by atoms with Gasteiger partial charge >= 0.3 is 5.97 Å². The molecule has 0 saturated carbocycles. The number of aliphatic carboxylic acids is 1. The Hall–Kier alpha value is -1.53. The zero-order valence-corrected chi connectivity index (χ0v) is 9.21. The van der Waals surface area contributed by atoms with Crippen molar-refractivity contribution in [3.8, 4) is 0 Å². The fraction of sp³-hybridized carbons (Fsp3) is 0.600. The van der Waals surface area contributed by atoms with Crippen LogP contribution in [-0.2, 0) is 14.3 Å². The standard InChI is InChI=1S/C10H13F3O4/c1-2-17-3-7(9(15)16)8(14)10(4-11,5-12)6-13/h3H,2,4-6H2,1H3,(H,15,16). The molecule has 0 atom stereocenters. The summed E-state index contributed by atoms with van der Waals surface area (Å²) >= 11 is 0. The topological polar surface area (TPSA) is 63.6 Å². The third kappa shape index (κ3) is 3.47. The van der Waals surface area contributed by atoms with Crippen LogP contribution >= 0.6 is 0 Å². The lowest BCUT2D eigenvalue weighted by Gasteiger charge is -2.22. The van der Waals surface area contributed by atoms with Crippen LogP contribution in [0, 0.1) is 5.41 Å². The summed E-state index contributed by atoms with van der Waals surface area (Å²) in [5.41, 5.74) is -3.55. The fourth-order valence-corrected chi connectivity index (χ4v) is 0.943. The summed E-state index contributed by atoms with van der Waals surface area (Å²) in [6.07, 6.45) is 0.570. The van der Waals surface area contributed by atoms with Crippen molar-refractivity contribution in [3.63, 3.8) is 0 Å². The van der Waals surface area contributed by atoms with E-state index in [2.05, 4.69) is 4.74 Å². The Morgan fingerprint density at radius 2 is 1.71 bits per heavy atom. The SMILES string of the molecule is CCOC=C(C(=O)O)C(=O)C(CF)(CF)CF. The highest BCUT2D eigenvalue weighted by molar-refractivity contribution is 6.18. The molecule has 0 aliphatic heterocycles. The average Bonchev–Trinajstić information content (AvgIpc) is 2.32. The summed E-state index contributed by atoms with van der Waals surface area (Å²) in [4.78, 5) is 22.3. The van der Waals surface area contributed by atoms with Crippen molar-refractivity contribution in [2.45, 2.75) is 6.92 Å². The van der Waals surface area contributed by atoms with Crippen LogP contribution in [-0.4, -0.2) is 43.5 Å². The lowest BCUT2D eigenvalue weighted by Crippen LogP contribution is -2.40. The van der Waals surface area contributed by atoms with Gasteiger partial charge in [0.25, 0.3) is 0 Å². The van der Waals surface area contributed by atoms with E-state index in [4.69, 9.17) is 5.11 Å². The Labute approximate surface area is 96.1 Å². The van der Waals surface area contributed by atoms with E-state index in [9.17, 15) is 22.8 Å². The second-order valence-electron chi connectivity index (χ2n) is 3.30. The molecule has 0 rings (SSSR count). The van der Waals surface area contributed by atoms with Gasteiger partial charge in [-0.2, -0.15) is 0 Å². The Morgan fingerprint density at radius 1 is 1.24 bits per heavy atom. The van der Waals surface area contributed by atoms with Crippen LogP contribution in [0.15, 0.2) is 11.8 Å². The smallest absolute Gasteiger partial charge is 0.342 e. The number of halogens is 3. The Morgan fingerprint density at radius 3 is 2.00 bits per heavy atom. The number of rotatable bonds is 8. The van der Waals surface area contributed by atoms with Crippen molar-refractivity contribution in [2.75, 3.05) is 26.6 Å². The van der Waals surface area contributed by atoms with Gasteiger partial charge in [0.2, 0.25) is 0 Å². The summed E-state index contributed by atoms with van der Waals surface area (Å²) in [7, 11) is 0. The van der Waals surface area contributed by atoms with Crippen molar-refractivity contribution >= 4 is 11.8 Å². The van der Waals surface area contributed by atoms with Gasteiger partial charge in [0, 0.05) is 0 Å². The van der Waals surface area contributed by atoms with Crippen molar-refractivity contribution < 1.29 is 32.6 Å². The zero-order valence-electron chi connectivity index (χ0n) is 9.21. The van der Waals surface area contributed by atoms with E-state index in [1.165, 1.54) is 6.92 Å². The number of hydrogen-bond donors (Lipinski definition) is 1. The van der Waals surface area contributed by atoms with E-state index in [0.29, 0.717) is 6.26 Å². The maximum atomic E-state index is 12.5. The molecule has 0 unspecified atom stereocenters. The van der Waals surface area contributed by atoms with Crippen LogP contribution in [0.3, 0.4) is 0 Å². The second-order valence-corrected chi connectivity index (χ2v) is 3.30. The summed E-state index contributed by atoms with van der Waals surface area (Å²) in [6, 6.07) is 0. The van der Waals surface area contributed by atoms with Gasteiger partial charge in [-0.05, 0) is 6.92 Å². The number of carbonyl (C=O) groups is 2. The van der Waals surface area contributed by atoms with Crippen LogP contribution in [0.5, 0.6) is 0 Å². The molecule has 0 fully saturated rings. The fourth-order valence-electron chi connectivity index (χ4n) is 0.943. The largest absolute Gasteiger partial charge is 0.500 e. The van der Waals surface area contributed by atoms with E-state index < -0.39 is 42.8 Å². The normalized spacial score (nSPS) is 12.4. The molecule has 0 aromatic carbocycles. The molecule has 0 aromatic heterocycles. The van der Waals surface area contributed by atoms with Gasteiger partial charge in [0.15, 0.2) is 5.78 Å². The summed E-state index contributed by atoms with van der Waals surface area (Å²) < 4.78 is 42.2. The number of carboxylic acids is 1. The van der Waals surface area contributed by atoms with Crippen molar-refractivity contribution in [1.29, 1.82) is 0 Å². The van der Waals surface area contributed by atoms with Crippen molar-refractivity contribution in [3.05, 3.63) is 11.8 Å². The minimum absolute atomic E-state index is 0.0674. The maximum Gasteiger partial charge on any atom is 0.342 e. The highest BCUT2D eigenvalue weighted by atomic mass is 19.1. The van der Waals surface area contributed by atoms with Crippen molar-refractivity contribution in [2.24, 2.45) is 5.41 Å². The first-order chi connectivity index (χ1) is 7.98. The van der Waals surface area contributed by atoms with E-state index in [0.717, 1.165) is 0 Å². The summed E-state index contributed by atoms with van der Waals surface area (Å²) in [6.45, 7) is -3.26. The molecular formula is C10H13F3O4. The maximum absolute atomic E-state index is 12.5. The number of carbonyl (C=O) groups excluding carboxylic acids is 1. The first-order valence-corrected chi connectivity index (χ1v) is 4.76. The number of ether oxygens (including phenoxy) is 1. The molecule has 0 radical (unpaired) electrons. The summed E-state index contributed by atoms with van der Waals surface area (Å²) in [5.74, 6) is -3.17. The summed E-state index contributed by atoms with van der Waals surface area (Å²) in [5, 5.41) is 8.68. The van der Waals surface area contributed by atoms with Gasteiger partial charge in [-0.15, -0.1) is 0 Å². The first kappa shape index (κ1) is 15.5. The monoisotopic (exact) mass is 254 g/mol. The van der Waals surface area contributed by atoms with Crippen LogP contribution in [0.2, 0.25) is 0 Å². The van der Waals surface area contributed by atoms with Gasteiger partial charge < -0.3 is 9.84 Å². The van der Waals surface area contributed by atoms with E-state index in [1.54, 1.807) is 0 Å². The van der Waals surface area contributed by atoms with Gasteiger partial charge in [-0.1, -0.05) is 0 Å². The minimum atomic E-state index is -2.58. The molecule has 98 valence electrons. The van der Waals surface area contributed by atoms with Gasteiger partial charge in [0.05, 0.1) is 6.61 Å². The molecule has 0 bridgehead atoms. The lowest BCUT2D eigenvalue weighted by atomic mass is 9.84. The molecular weight excluding hydrogens is 241 g/mol. The molecule has 0 amide bonds. The average molecular weight is 254 g/mol. The Balaban J connectivity index is 5.26. The van der Waals surface area contributed by atoms with E-state index in [-0.39, 0.29) is 6.61 Å². The number of alkyl halides is 3. The number of hydrogen-bond acceptors (Lipinski definition) is 3. The minimum Gasteiger partial charge on any atom is -0.500 e. The van der Waals surface area contributed by atoms with Crippen LogP contribution < -0.4 is 0 Å². The van der Waals surface area contributed by atoms with Crippen LogP contribution in [0.1, 0.15) is 6.92 Å². The molecule has 0 aliphatic carbocycles. The quantitative estimate of drug-likeness (QED) is 0.308. The molecule has 0 aliphatic rings. The van der Waals surface area contributed by atoms with Crippen LogP contribution in [0.4, 0.5) is 13.2 Å². The molecule has 0 spiro atoms. The van der Waals surface area contributed by atoms with Gasteiger partial charge in [-0.25, -0.2) is 18.0 Å². The lowest BCUT2D eigenvalue weighted by molar-refractivity contribution is -0.138. The number of carboxylic acid groups (broad SMARTS) is 1. The Bertz CT molecular complexity index is 302. The number of ketones is 1. The van der Waals surface area contributed by atoms with Gasteiger partial charge in [0.1, 0.15) is 37.3 Å². The molecule has 0 heterocycles. The number of Topliss-reactive ketones (excluding diaryl/α,β-unsaturated/α-hetero) is 1. The molecule has 1 N–H and O–H groups in total. The predicted octanol–water partition coefficient (Wildman–Crippen LogP) is 1.46. The highest BCUT2D eigenvalue weighted by Gasteiger charge is 2.43. The molecule has 4 nitrogen and oxygen atoms in total. The first-order valence-electron chi connectivity index (χ1n) is 4.76. The third-order valence-electron chi connectivity index (χ3n) is 2.09. The molecule has 0 aromatic rings. The predicted molar refractivity (Wildman–Crippen MR) is 52.7 cm³/mol. The second kappa shape index (κ2) is 6.93. The van der Waals surface area contributed by atoms with E-state index >= 15 is 0 Å². The molecule has 7 heteroatoms.